The molecule has 6 nitrogen and oxygen atoms in total. The van der Waals surface area contributed by atoms with E-state index in [2.05, 4.69) is 37.9 Å². The van der Waals surface area contributed by atoms with Gasteiger partial charge in [-0.25, -0.2) is 9.67 Å². The number of pyridine rings is 1. The van der Waals surface area contributed by atoms with Gasteiger partial charge in [-0.3, -0.25) is 9.88 Å². The summed E-state index contributed by atoms with van der Waals surface area (Å²) in [6.07, 6.45) is 5.39. The van der Waals surface area contributed by atoms with Crippen LogP contribution in [0.15, 0.2) is 30.9 Å². The average Bonchev–Trinajstić information content (AvgIpc) is 2.96. The first kappa shape index (κ1) is 13.1. The maximum absolute atomic E-state index is 4.34. The zero-order valence-corrected chi connectivity index (χ0v) is 11.8. The molecular formula is C14H20N6. The third-order valence-electron chi connectivity index (χ3n) is 3.74. The minimum absolute atomic E-state index is 0.880. The monoisotopic (exact) mass is 272 g/mol. The van der Waals surface area contributed by atoms with Gasteiger partial charge < -0.3 is 4.90 Å². The second-order valence-corrected chi connectivity index (χ2v) is 4.97. The molecule has 20 heavy (non-hydrogen) atoms. The Labute approximate surface area is 119 Å². The molecule has 3 heterocycles. The third kappa shape index (κ3) is 2.80. The summed E-state index contributed by atoms with van der Waals surface area (Å²) >= 11 is 0. The summed E-state index contributed by atoms with van der Waals surface area (Å²) in [5, 5.41) is 4.22. The summed E-state index contributed by atoms with van der Waals surface area (Å²) in [5.41, 5.74) is 1.21. The maximum Gasteiger partial charge on any atom is 0.140 e. The largest absolute Gasteiger partial charge is 0.368 e. The molecule has 0 aromatic carbocycles. The normalized spacial score (nSPS) is 16.6. The number of rotatable bonds is 4. The topological polar surface area (TPSA) is 50.1 Å². The Kier molecular flexibility index (Phi) is 3.92. The molecule has 0 spiro atoms. The summed E-state index contributed by atoms with van der Waals surface area (Å²) in [6.45, 7) is 8.02. The van der Waals surface area contributed by atoms with E-state index in [0.717, 1.165) is 45.1 Å². The van der Waals surface area contributed by atoms with Gasteiger partial charge in [0.2, 0.25) is 0 Å². The summed E-state index contributed by atoms with van der Waals surface area (Å²) in [6, 6.07) is 4.11. The molecule has 1 aliphatic rings. The van der Waals surface area contributed by atoms with Crippen molar-refractivity contribution in [2.45, 2.75) is 20.0 Å². The molecule has 6 heteroatoms. The van der Waals surface area contributed by atoms with Crippen molar-refractivity contribution < 1.29 is 0 Å². The van der Waals surface area contributed by atoms with Crippen molar-refractivity contribution in [3.63, 3.8) is 0 Å². The van der Waals surface area contributed by atoms with E-state index in [1.54, 1.807) is 6.33 Å². The Morgan fingerprint density at radius 2 is 2.05 bits per heavy atom. The lowest BCUT2D eigenvalue weighted by Gasteiger charge is -2.35. The zero-order chi connectivity index (χ0) is 13.8. The van der Waals surface area contributed by atoms with Crippen molar-refractivity contribution in [2.75, 3.05) is 31.1 Å². The standard InChI is InChI=1S/C14H20N6/c1-2-20-14(16-12-17-20)11-18-6-8-19(9-7-18)13-4-3-5-15-10-13/h3-5,10,12H,2,6-9,11H2,1H3. The molecule has 0 amide bonds. The zero-order valence-electron chi connectivity index (χ0n) is 11.8. The van der Waals surface area contributed by atoms with Crippen molar-refractivity contribution in [2.24, 2.45) is 0 Å². The first-order valence-corrected chi connectivity index (χ1v) is 7.11. The molecule has 1 saturated heterocycles. The minimum atomic E-state index is 0.880. The van der Waals surface area contributed by atoms with E-state index in [-0.39, 0.29) is 0 Å². The predicted molar refractivity (Wildman–Crippen MR) is 77.4 cm³/mol. The fourth-order valence-electron chi connectivity index (χ4n) is 2.58. The van der Waals surface area contributed by atoms with E-state index >= 15 is 0 Å². The van der Waals surface area contributed by atoms with Crippen LogP contribution in [0.4, 0.5) is 5.69 Å². The van der Waals surface area contributed by atoms with Gasteiger partial charge in [0.1, 0.15) is 12.2 Å². The van der Waals surface area contributed by atoms with Crippen LogP contribution in [0.25, 0.3) is 0 Å². The first-order chi connectivity index (χ1) is 9.86. The Balaban J connectivity index is 1.56. The summed E-state index contributed by atoms with van der Waals surface area (Å²) < 4.78 is 1.97. The Bertz CT molecular complexity index is 530. The highest BCUT2D eigenvalue weighted by atomic mass is 15.4. The van der Waals surface area contributed by atoms with Gasteiger partial charge in [0, 0.05) is 38.9 Å². The molecule has 0 bridgehead atoms. The van der Waals surface area contributed by atoms with Gasteiger partial charge in [0.15, 0.2) is 0 Å². The third-order valence-corrected chi connectivity index (χ3v) is 3.74. The van der Waals surface area contributed by atoms with Crippen molar-refractivity contribution in [1.82, 2.24) is 24.6 Å². The van der Waals surface area contributed by atoms with Gasteiger partial charge in [0.05, 0.1) is 18.4 Å². The number of piperazine rings is 1. The van der Waals surface area contributed by atoms with Crippen LogP contribution in [0, 0.1) is 0 Å². The Morgan fingerprint density at radius 3 is 2.75 bits per heavy atom. The lowest BCUT2D eigenvalue weighted by atomic mass is 10.2. The molecule has 0 N–H and O–H groups in total. The van der Waals surface area contributed by atoms with Crippen LogP contribution in [-0.4, -0.2) is 50.8 Å². The van der Waals surface area contributed by atoms with E-state index < -0.39 is 0 Å². The minimum Gasteiger partial charge on any atom is -0.368 e. The van der Waals surface area contributed by atoms with Crippen LogP contribution >= 0.6 is 0 Å². The molecule has 0 aliphatic carbocycles. The van der Waals surface area contributed by atoms with Crippen LogP contribution in [0.5, 0.6) is 0 Å². The van der Waals surface area contributed by atoms with E-state index in [0.29, 0.717) is 0 Å². The van der Waals surface area contributed by atoms with Crippen molar-refractivity contribution in [3.05, 3.63) is 36.7 Å². The number of aryl methyl sites for hydroxylation is 1. The number of hydrogen-bond acceptors (Lipinski definition) is 5. The van der Waals surface area contributed by atoms with Gasteiger partial charge in [-0.05, 0) is 19.1 Å². The molecule has 106 valence electrons. The highest BCUT2D eigenvalue weighted by Crippen LogP contribution is 2.15. The van der Waals surface area contributed by atoms with Crippen molar-refractivity contribution in [3.8, 4) is 0 Å². The average molecular weight is 272 g/mol. The summed E-state index contributed by atoms with van der Waals surface area (Å²) in [4.78, 5) is 13.3. The second-order valence-electron chi connectivity index (χ2n) is 4.97. The Morgan fingerprint density at radius 1 is 1.20 bits per heavy atom. The highest BCUT2D eigenvalue weighted by Gasteiger charge is 2.18. The van der Waals surface area contributed by atoms with Crippen LogP contribution in [0.2, 0.25) is 0 Å². The van der Waals surface area contributed by atoms with Crippen LogP contribution in [-0.2, 0) is 13.1 Å². The van der Waals surface area contributed by atoms with E-state index in [1.807, 2.05) is 23.1 Å². The molecule has 0 unspecified atom stereocenters. The van der Waals surface area contributed by atoms with Gasteiger partial charge in [-0.1, -0.05) is 0 Å². The summed E-state index contributed by atoms with van der Waals surface area (Å²) in [5.74, 6) is 1.06. The van der Waals surface area contributed by atoms with Gasteiger partial charge in [-0.15, -0.1) is 0 Å². The van der Waals surface area contributed by atoms with Crippen molar-refractivity contribution in [1.29, 1.82) is 0 Å². The molecule has 1 aliphatic heterocycles. The molecular weight excluding hydrogens is 252 g/mol. The maximum atomic E-state index is 4.34. The quantitative estimate of drug-likeness (QED) is 0.831. The number of nitrogens with zero attached hydrogens (tertiary/aromatic N) is 6. The predicted octanol–water partition coefficient (Wildman–Crippen LogP) is 1.02. The Hall–Kier alpha value is -1.95. The first-order valence-electron chi connectivity index (χ1n) is 7.11. The van der Waals surface area contributed by atoms with Crippen LogP contribution in [0.3, 0.4) is 0 Å². The van der Waals surface area contributed by atoms with Crippen LogP contribution < -0.4 is 4.90 Å². The van der Waals surface area contributed by atoms with Gasteiger partial charge in [0.25, 0.3) is 0 Å². The molecule has 2 aromatic rings. The number of aromatic nitrogens is 4. The molecule has 2 aromatic heterocycles. The molecule has 1 fully saturated rings. The number of anilines is 1. The number of hydrogen-bond donors (Lipinski definition) is 0. The lowest BCUT2D eigenvalue weighted by molar-refractivity contribution is 0.239. The van der Waals surface area contributed by atoms with Gasteiger partial charge in [-0.2, -0.15) is 5.10 Å². The van der Waals surface area contributed by atoms with E-state index in [9.17, 15) is 0 Å². The molecule has 0 saturated carbocycles. The van der Waals surface area contributed by atoms with Crippen LogP contribution in [0.1, 0.15) is 12.7 Å². The van der Waals surface area contributed by atoms with Crippen molar-refractivity contribution >= 4 is 5.69 Å². The fraction of sp³-hybridized carbons (Fsp3) is 0.500. The lowest BCUT2D eigenvalue weighted by Crippen LogP contribution is -2.46. The van der Waals surface area contributed by atoms with E-state index in [4.69, 9.17) is 0 Å². The second kappa shape index (κ2) is 6.00. The molecule has 0 radical (unpaired) electrons. The smallest absolute Gasteiger partial charge is 0.140 e. The summed E-state index contributed by atoms with van der Waals surface area (Å²) in [7, 11) is 0. The SMILES string of the molecule is CCn1ncnc1CN1CCN(c2cccnc2)CC1. The van der Waals surface area contributed by atoms with Gasteiger partial charge >= 0.3 is 0 Å². The molecule has 0 atom stereocenters. The molecule has 3 rings (SSSR count). The fourth-order valence-corrected chi connectivity index (χ4v) is 2.58. The highest BCUT2D eigenvalue weighted by molar-refractivity contribution is 5.43. The van der Waals surface area contributed by atoms with E-state index in [1.165, 1.54) is 5.69 Å².